The molecular weight excluding hydrogens is 208 g/mol. The molecule has 4 rings (SSSR count). The molecule has 2 aromatic rings. The van der Waals surface area contributed by atoms with Crippen LogP contribution in [-0.4, -0.2) is 9.97 Å². The number of rotatable bonds is 2. The second-order valence-electron chi connectivity index (χ2n) is 5.84. The van der Waals surface area contributed by atoms with Gasteiger partial charge < -0.3 is 4.98 Å². The summed E-state index contributed by atoms with van der Waals surface area (Å²) in [6.45, 7) is 0. The van der Waals surface area contributed by atoms with Gasteiger partial charge >= 0.3 is 0 Å². The normalized spacial score (nSPS) is 31.4. The number of nitrogens with one attached hydrogen (secondary N) is 1. The van der Waals surface area contributed by atoms with Crippen molar-refractivity contribution < 1.29 is 0 Å². The highest BCUT2D eigenvalue weighted by Gasteiger charge is 2.39. The highest BCUT2D eigenvalue weighted by atomic mass is 14.9. The Morgan fingerprint density at radius 3 is 2.88 bits per heavy atom. The molecular formula is C15H18N2. The summed E-state index contributed by atoms with van der Waals surface area (Å²) in [5.41, 5.74) is 2.30. The van der Waals surface area contributed by atoms with Crippen molar-refractivity contribution in [3.05, 3.63) is 30.1 Å². The minimum Gasteiger partial charge on any atom is -0.342 e. The lowest BCUT2D eigenvalue weighted by Gasteiger charge is -2.20. The van der Waals surface area contributed by atoms with E-state index in [0.29, 0.717) is 0 Å². The van der Waals surface area contributed by atoms with Gasteiger partial charge in [-0.3, -0.25) is 0 Å². The lowest BCUT2D eigenvalue weighted by Crippen LogP contribution is -2.13. The Labute approximate surface area is 101 Å². The van der Waals surface area contributed by atoms with Crippen LogP contribution < -0.4 is 0 Å². The summed E-state index contributed by atoms with van der Waals surface area (Å²) >= 11 is 0. The maximum Gasteiger partial charge on any atom is 0.107 e. The molecule has 88 valence electrons. The van der Waals surface area contributed by atoms with Gasteiger partial charge in [-0.25, -0.2) is 4.98 Å². The SMILES string of the molecule is c1ccc2[nH]c(CC3CC4CCC3C4)nc2c1. The number of H-pyrrole nitrogens is 1. The average molecular weight is 226 g/mol. The molecule has 0 aliphatic heterocycles. The molecule has 0 radical (unpaired) electrons. The number of aromatic nitrogens is 2. The molecule has 1 heterocycles. The van der Waals surface area contributed by atoms with Gasteiger partial charge in [0, 0.05) is 6.42 Å². The monoisotopic (exact) mass is 226 g/mol. The van der Waals surface area contributed by atoms with Gasteiger partial charge in [0.1, 0.15) is 5.82 Å². The Bertz CT molecular complexity index is 510. The average Bonchev–Trinajstić information content (AvgIpc) is 3.01. The summed E-state index contributed by atoms with van der Waals surface area (Å²) in [5.74, 6) is 4.13. The Morgan fingerprint density at radius 2 is 2.12 bits per heavy atom. The predicted molar refractivity (Wildman–Crippen MR) is 68.7 cm³/mol. The number of para-hydroxylation sites is 2. The molecule has 1 aromatic carbocycles. The standard InChI is InChI=1S/C15H18N2/c1-2-4-14-13(3-1)16-15(17-14)9-12-8-10-5-6-11(12)7-10/h1-4,10-12H,5-9H2,(H,16,17). The highest BCUT2D eigenvalue weighted by molar-refractivity contribution is 5.74. The minimum absolute atomic E-state index is 0.898. The molecule has 3 atom stereocenters. The van der Waals surface area contributed by atoms with Gasteiger partial charge in [-0.2, -0.15) is 0 Å². The van der Waals surface area contributed by atoms with Crippen LogP contribution in [0.4, 0.5) is 0 Å². The molecule has 1 aromatic heterocycles. The van der Waals surface area contributed by atoms with Gasteiger partial charge in [-0.15, -0.1) is 0 Å². The van der Waals surface area contributed by atoms with Crippen LogP contribution in [0.5, 0.6) is 0 Å². The van der Waals surface area contributed by atoms with E-state index in [2.05, 4.69) is 29.2 Å². The van der Waals surface area contributed by atoms with E-state index in [9.17, 15) is 0 Å². The maximum absolute atomic E-state index is 4.70. The number of nitrogens with zero attached hydrogens (tertiary/aromatic N) is 1. The smallest absolute Gasteiger partial charge is 0.107 e. The van der Waals surface area contributed by atoms with Crippen LogP contribution in [0.2, 0.25) is 0 Å². The van der Waals surface area contributed by atoms with E-state index < -0.39 is 0 Å². The van der Waals surface area contributed by atoms with Crippen LogP contribution in [0, 0.1) is 17.8 Å². The molecule has 0 amide bonds. The zero-order valence-electron chi connectivity index (χ0n) is 10.0. The van der Waals surface area contributed by atoms with E-state index in [0.717, 1.165) is 29.7 Å². The molecule has 1 N–H and O–H groups in total. The fourth-order valence-electron chi connectivity index (χ4n) is 3.98. The Hall–Kier alpha value is -1.31. The van der Waals surface area contributed by atoms with Crippen LogP contribution in [0.25, 0.3) is 11.0 Å². The van der Waals surface area contributed by atoms with Crippen molar-refractivity contribution >= 4 is 11.0 Å². The number of fused-ring (bicyclic) bond motifs is 3. The van der Waals surface area contributed by atoms with Crippen LogP contribution in [0.15, 0.2) is 24.3 Å². The van der Waals surface area contributed by atoms with E-state index >= 15 is 0 Å². The molecule has 2 nitrogen and oxygen atoms in total. The molecule has 3 unspecified atom stereocenters. The first-order valence-electron chi connectivity index (χ1n) is 6.82. The first-order valence-corrected chi connectivity index (χ1v) is 6.82. The molecule has 17 heavy (non-hydrogen) atoms. The summed E-state index contributed by atoms with van der Waals surface area (Å²) in [7, 11) is 0. The van der Waals surface area contributed by atoms with Crippen molar-refractivity contribution in [2.45, 2.75) is 32.1 Å². The van der Waals surface area contributed by atoms with Gasteiger partial charge in [-0.1, -0.05) is 18.6 Å². The van der Waals surface area contributed by atoms with Crippen LogP contribution in [-0.2, 0) is 6.42 Å². The van der Waals surface area contributed by atoms with E-state index in [4.69, 9.17) is 4.98 Å². The fourth-order valence-corrected chi connectivity index (χ4v) is 3.98. The number of aromatic amines is 1. The van der Waals surface area contributed by atoms with Crippen molar-refractivity contribution in [1.29, 1.82) is 0 Å². The van der Waals surface area contributed by atoms with Crippen molar-refractivity contribution in [2.24, 2.45) is 17.8 Å². The second kappa shape index (κ2) is 3.59. The topological polar surface area (TPSA) is 28.7 Å². The molecule has 2 aliphatic rings. The third-order valence-corrected chi connectivity index (χ3v) is 4.78. The first-order chi connectivity index (χ1) is 8.38. The Balaban J connectivity index is 1.59. The summed E-state index contributed by atoms with van der Waals surface area (Å²) in [5, 5.41) is 0. The van der Waals surface area contributed by atoms with Gasteiger partial charge in [0.15, 0.2) is 0 Å². The van der Waals surface area contributed by atoms with Crippen molar-refractivity contribution in [1.82, 2.24) is 9.97 Å². The van der Waals surface area contributed by atoms with Crippen molar-refractivity contribution in [2.75, 3.05) is 0 Å². The van der Waals surface area contributed by atoms with E-state index in [1.807, 2.05) is 0 Å². The second-order valence-corrected chi connectivity index (χ2v) is 5.84. The molecule has 2 aliphatic carbocycles. The third-order valence-electron chi connectivity index (χ3n) is 4.78. The van der Waals surface area contributed by atoms with Crippen LogP contribution >= 0.6 is 0 Å². The lowest BCUT2D eigenvalue weighted by molar-refractivity contribution is 0.327. The molecule has 0 saturated heterocycles. The lowest BCUT2D eigenvalue weighted by atomic mass is 9.86. The van der Waals surface area contributed by atoms with E-state index in [-0.39, 0.29) is 0 Å². The Kier molecular flexibility index (Phi) is 2.05. The molecule has 2 saturated carbocycles. The largest absolute Gasteiger partial charge is 0.342 e. The molecule has 2 fully saturated rings. The van der Waals surface area contributed by atoms with Crippen LogP contribution in [0.1, 0.15) is 31.5 Å². The van der Waals surface area contributed by atoms with Gasteiger partial charge in [0.05, 0.1) is 11.0 Å². The van der Waals surface area contributed by atoms with Crippen molar-refractivity contribution in [3.8, 4) is 0 Å². The third kappa shape index (κ3) is 1.58. The van der Waals surface area contributed by atoms with Gasteiger partial charge in [0.2, 0.25) is 0 Å². The summed E-state index contributed by atoms with van der Waals surface area (Å²) in [4.78, 5) is 8.18. The summed E-state index contributed by atoms with van der Waals surface area (Å²) < 4.78 is 0. The van der Waals surface area contributed by atoms with Crippen molar-refractivity contribution in [3.63, 3.8) is 0 Å². The number of hydrogen-bond donors (Lipinski definition) is 1. The molecule has 0 spiro atoms. The number of imidazole rings is 1. The molecule has 2 bridgehead atoms. The predicted octanol–water partition coefficient (Wildman–Crippen LogP) is 3.54. The zero-order chi connectivity index (χ0) is 11.2. The number of hydrogen-bond acceptors (Lipinski definition) is 1. The maximum atomic E-state index is 4.70. The summed E-state index contributed by atoms with van der Waals surface area (Å²) in [6.07, 6.45) is 7.05. The van der Waals surface area contributed by atoms with Gasteiger partial charge in [0.25, 0.3) is 0 Å². The quantitative estimate of drug-likeness (QED) is 0.833. The van der Waals surface area contributed by atoms with Gasteiger partial charge in [-0.05, 0) is 49.1 Å². The Morgan fingerprint density at radius 1 is 1.18 bits per heavy atom. The molecule has 2 heteroatoms. The van der Waals surface area contributed by atoms with E-state index in [1.54, 1.807) is 0 Å². The zero-order valence-corrected chi connectivity index (χ0v) is 10.0. The summed E-state index contributed by atoms with van der Waals surface area (Å²) in [6, 6.07) is 8.34. The van der Waals surface area contributed by atoms with Crippen LogP contribution in [0.3, 0.4) is 0 Å². The highest BCUT2D eigenvalue weighted by Crippen LogP contribution is 2.49. The van der Waals surface area contributed by atoms with E-state index in [1.165, 1.54) is 37.0 Å². The minimum atomic E-state index is 0.898. The fraction of sp³-hybridized carbons (Fsp3) is 0.533. The number of benzene rings is 1. The first kappa shape index (κ1) is 9.69.